The van der Waals surface area contributed by atoms with Gasteiger partial charge in [0.1, 0.15) is 11.2 Å². The van der Waals surface area contributed by atoms with Gasteiger partial charge in [0, 0.05) is 38.9 Å². The van der Waals surface area contributed by atoms with Crippen molar-refractivity contribution in [3.63, 3.8) is 0 Å². The predicted octanol–water partition coefficient (Wildman–Crippen LogP) is 6.03. The molecule has 6 nitrogen and oxygen atoms in total. The number of halogens is 2. The standard InChI is InChI=1S/C30H42N2O4.2ClH/c1-4-5-6-7-11-18-31-19-21-32(22-20-31)28(24-12-9-8-10-13-24)36-29(33)30(23-27(30)35-3)25-14-16-26(34-2)17-15-25;;/h8-10,12-17,27-28H,4-7,11,18-23H2,1-3H3;2*1H. The summed E-state index contributed by atoms with van der Waals surface area (Å²) in [4.78, 5) is 18.7. The summed E-state index contributed by atoms with van der Waals surface area (Å²) in [7, 11) is 3.31. The average molecular weight is 568 g/mol. The number of nitrogens with zero attached hydrogens (tertiary/aromatic N) is 2. The molecule has 0 radical (unpaired) electrons. The maximum Gasteiger partial charge on any atom is 0.321 e. The first-order valence-corrected chi connectivity index (χ1v) is 13.5. The van der Waals surface area contributed by atoms with Crippen molar-refractivity contribution in [2.45, 2.75) is 63.2 Å². The molecule has 38 heavy (non-hydrogen) atoms. The number of carbonyl (C=O) groups excluding carboxylic acids is 1. The number of methoxy groups -OCH3 is 2. The molecule has 1 aliphatic heterocycles. The molecule has 8 heteroatoms. The Kier molecular flexibility index (Phi) is 13.4. The zero-order valence-corrected chi connectivity index (χ0v) is 24.6. The van der Waals surface area contributed by atoms with Gasteiger partial charge in [-0.15, -0.1) is 24.8 Å². The highest BCUT2D eigenvalue weighted by Gasteiger charge is 2.64. The van der Waals surface area contributed by atoms with Crippen molar-refractivity contribution in [2.24, 2.45) is 0 Å². The van der Waals surface area contributed by atoms with E-state index in [-0.39, 0.29) is 36.9 Å². The van der Waals surface area contributed by atoms with Crippen molar-refractivity contribution in [2.75, 3.05) is 46.9 Å². The summed E-state index contributed by atoms with van der Waals surface area (Å²) in [5.74, 6) is 0.550. The van der Waals surface area contributed by atoms with Gasteiger partial charge in [-0.05, 0) is 37.1 Å². The van der Waals surface area contributed by atoms with Crippen LogP contribution in [0.1, 0.15) is 62.8 Å². The number of esters is 1. The monoisotopic (exact) mass is 566 g/mol. The summed E-state index contributed by atoms with van der Waals surface area (Å²) in [6.45, 7) is 7.17. The zero-order chi connectivity index (χ0) is 25.4. The first-order chi connectivity index (χ1) is 17.6. The Morgan fingerprint density at radius 2 is 1.58 bits per heavy atom. The lowest BCUT2D eigenvalue weighted by atomic mass is 9.95. The first-order valence-electron chi connectivity index (χ1n) is 13.5. The molecule has 212 valence electrons. The molecule has 0 N–H and O–H groups in total. The van der Waals surface area contributed by atoms with E-state index in [1.165, 1.54) is 32.1 Å². The Morgan fingerprint density at radius 1 is 0.921 bits per heavy atom. The molecule has 0 aromatic heterocycles. The topological polar surface area (TPSA) is 51.2 Å². The van der Waals surface area contributed by atoms with E-state index in [9.17, 15) is 4.79 Å². The van der Waals surface area contributed by atoms with Crippen LogP contribution in [0.25, 0.3) is 0 Å². The fourth-order valence-electron chi connectivity index (χ4n) is 5.38. The number of piperazine rings is 1. The van der Waals surface area contributed by atoms with Crippen LogP contribution in [0.15, 0.2) is 54.6 Å². The fraction of sp³-hybridized carbons (Fsp3) is 0.567. The van der Waals surface area contributed by atoms with Gasteiger partial charge >= 0.3 is 5.97 Å². The van der Waals surface area contributed by atoms with E-state index in [1.54, 1.807) is 14.2 Å². The van der Waals surface area contributed by atoms with Crippen molar-refractivity contribution in [3.05, 3.63) is 65.7 Å². The second-order valence-electron chi connectivity index (χ2n) is 10.1. The van der Waals surface area contributed by atoms with Crippen molar-refractivity contribution in [3.8, 4) is 5.75 Å². The summed E-state index contributed by atoms with van der Waals surface area (Å²) in [6, 6.07) is 17.8. The predicted molar refractivity (Wildman–Crippen MR) is 157 cm³/mol. The van der Waals surface area contributed by atoms with Crippen molar-refractivity contribution in [1.82, 2.24) is 9.80 Å². The Bertz CT molecular complexity index is 954. The Labute approximate surface area is 240 Å². The Hall–Kier alpha value is -1.83. The van der Waals surface area contributed by atoms with Crippen LogP contribution in [-0.4, -0.2) is 68.8 Å². The number of ether oxygens (including phenoxy) is 3. The quantitative estimate of drug-likeness (QED) is 0.218. The van der Waals surface area contributed by atoms with E-state index in [4.69, 9.17) is 14.2 Å². The minimum atomic E-state index is -0.769. The highest BCUT2D eigenvalue weighted by atomic mass is 35.5. The number of rotatable bonds is 13. The molecule has 4 rings (SSSR count). The molecular formula is C30H44Cl2N2O4. The Morgan fingerprint density at radius 3 is 2.16 bits per heavy atom. The number of hydrogen-bond acceptors (Lipinski definition) is 6. The van der Waals surface area contributed by atoms with Gasteiger partial charge in [0.15, 0.2) is 6.23 Å². The molecule has 1 saturated heterocycles. The summed E-state index contributed by atoms with van der Waals surface area (Å²) in [6.07, 6.45) is 6.57. The van der Waals surface area contributed by atoms with Gasteiger partial charge < -0.3 is 19.1 Å². The lowest BCUT2D eigenvalue weighted by Crippen LogP contribution is -2.49. The summed E-state index contributed by atoms with van der Waals surface area (Å²) in [5.41, 5.74) is 1.16. The number of hydrogen-bond donors (Lipinski definition) is 0. The third-order valence-corrected chi connectivity index (χ3v) is 7.77. The smallest absolute Gasteiger partial charge is 0.321 e. The van der Waals surface area contributed by atoms with Crippen LogP contribution in [0.4, 0.5) is 0 Å². The molecule has 1 saturated carbocycles. The zero-order valence-electron chi connectivity index (χ0n) is 23.0. The van der Waals surface area contributed by atoms with Crippen LogP contribution in [0.3, 0.4) is 0 Å². The number of unbranched alkanes of at least 4 members (excludes halogenated alkanes) is 4. The highest BCUT2D eigenvalue weighted by molar-refractivity contribution is 5.88. The largest absolute Gasteiger partial charge is 0.497 e. The van der Waals surface area contributed by atoms with E-state index in [2.05, 4.69) is 28.9 Å². The molecule has 2 aromatic carbocycles. The number of benzene rings is 2. The van der Waals surface area contributed by atoms with Gasteiger partial charge in [0.2, 0.25) is 0 Å². The van der Waals surface area contributed by atoms with Gasteiger partial charge in [0.25, 0.3) is 0 Å². The van der Waals surface area contributed by atoms with Crippen LogP contribution in [-0.2, 0) is 19.7 Å². The highest BCUT2D eigenvalue weighted by Crippen LogP contribution is 2.52. The van der Waals surface area contributed by atoms with Crippen molar-refractivity contribution in [1.29, 1.82) is 0 Å². The van der Waals surface area contributed by atoms with Crippen LogP contribution < -0.4 is 4.74 Å². The van der Waals surface area contributed by atoms with E-state index < -0.39 is 11.6 Å². The van der Waals surface area contributed by atoms with Gasteiger partial charge in [-0.2, -0.15) is 0 Å². The summed E-state index contributed by atoms with van der Waals surface area (Å²) < 4.78 is 17.3. The van der Waals surface area contributed by atoms with Gasteiger partial charge in [-0.25, -0.2) is 0 Å². The molecular weight excluding hydrogens is 523 g/mol. The van der Waals surface area contributed by atoms with Gasteiger partial charge in [-0.3, -0.25) is 9.69 Å². The molecule has 3 atom stereocenters. The molecule has 1 heterocycles. The lowest BCUT2D eigenvalue weighted by molar-refractivity contribution is -0.166. The van der Waals surface area contributed by atoms with Crippen LogP contribution in [0, 0.1) is 0 Å². The SMILES string of the molecule is CCCCCCCN1CCN(C(OC(=O)C2(c3ccc(OC)cc3)CC2OC)c2ccccc2)CC1.Cl.Cl. The molecule has 0 bridgehead atoms. The Balaban J connectivity index is 0.00000253. The van der Waals surface area contributed by atoms with Gasteiger partial charge in [-0.1, -0.05) is 75.1 Å². The minimum absolute atomic E-state index is 0. The number of carbonyl (C=O) groups is 1. The minimum Gasteiger partial charge on any atom is -0.497 e. The van der Waals surface area contributed by atoms with E-state index in [1.807, 2.05) is 42.5 Å². The normalized spacial score (nSPS) is 22.0. The van der Waals surface area contributed by atoms with Crippen LogP contribution >= 0.6 is 24.8 Å². The molecule has 0 amide bonds. The summed E-state index contributed by atoms with van der Waals surface area (Å²) in [5, 5.41) is 0. The van der Waals surface area contributed by atoms with Crippen molar-refractivity contribution < 1.29 is 19.0 Å². The second-order valence-corrected chi connectivity index (χ2v) is 10.1. The summed E-state index contributed by atoms with van der Waals surface area (Å²) >= 11 is 0. The molecule has 3 unspecified atom stereocenters. The van der Waals surface area contributed by atoms with Crippen LogP contribution in [0.5, 0.6) is 5.75 Å². The van der Waals surface area contributed by atoms with Gasteiger partial charge in [0.05, 0.1) is 13.2 Å². The first kappa shape index (κ1) is 32.4. The molecule has 2 aliphatic rings. The van der Waals surface area contributed by atoms with Crippen molar-refractivity contribution >= 4 is 30.8 Å². The third kappa shape index (κ3) is 7.64. The maximum atomic E-state index is 13.8. The van der Waals surface area contributed by atoms with E-state index in [0.29, 0.717) is 6.42 Å². The molecule has 0 spiro atoms. The second kappa shape index (κ2) is 15.7. The molecule has 2 fully saturated rings. The van der Waals surface area contributed by atoms with Crippen LogP contribution in [0.2, 0.25) is 0 Å². The van der Waals surface area contributed by atoms with E-state index in [0.717, 1.165) is 49.6 Å². The average Bonchev–Trinajstić information content (AvgIpc) is 3.68. The fourth-order valence-corrected chi connectivity index (χ4v) is 5.38. The van der Waals surface area contributed by atoms with E-state index >= 15 is 0 Å². The maximum absolute atomic E-state index is 13.8. The molecule has 2 aromatic rings. The third-order valence-electron chi connectivity index (χ3n) is 7.77. The molecule has 1 aliphatic carbocycles. The lowest BCUT2D eigenvalue weighted by Gasteiger charge is -2.39.